The van der Waals surface area contributed by atoms with Gasteiger partial charge in [0, 0.05) is 47.0 Å². The maximum absolute atomic E-state index is 14.1. The Balaban J connectivity index is 1.37. The standard InChI is InChI=1S/C36H35BrN4O5S/c1-22(42)39-25-16-18-26(19-17-25)47(45,46)38-20-8-13-28-27-11-3-5-14-30(27)40-34(28)32(23-9-7-10-24(37)21-23)33-35(43)29-12-4-6-15-31(29)41(2)36(33)44/h3-7,9-12,14-16,18-19,21,25,32,38,40,43H,8,13,17,20H2,1-2H3,(H,39,42). The lowest BCUT2D eigenvalue weighted by atomic mass is 9.85. The average molecular weight is 716 g/mol. The SMILES string of the molecule is CC(=O)NC1C=CC(S(=O)(=O)NCCCc2c(C(c3cccc(Br)c3)c3c(O)c4ccccc4n(C)c3=O)[nH]c3ccccc23)=CC1. The van der Waals surface area contributed by atoms with E-state index >= 15 is 0 Å². The van der Waals surface area contributed by atoms with Crippen molar-refractivity contribution in [3.8, 4) is 5.75 Å². The number of aryl methyl sites for hydroxylation is 2. The first kappa shape index (κ1) is 32.5. The molecular formula is C36H35BrN4O5S. The number of fused-ring (bicyclic) bond motifs is 2. The number of nitrogens with one attached hydrogen (secondary N) is 3. The predicted molar refractivity (Wildman–Crippen MR) is 189 cm³/mol. The fourth-order valence-electron chi connectivity index (χ4n) is 6.39. The van der Waals surface area contributed by atoms with Crippen LogP contribution in [-0.2, 0) is 28.3 Å². The van der Waals surface area contributed by atoms with E-state index in [0.29, 0.717) is 30.2 Å². The van der Waals surface area contributed by atoms with E-state index in [2.05, 4.69) is 31.0 Å². The van der Waals surface area contributed by atoms with Crippen molar-refractivity contribution in [2.24, 2.45) is 7.05 Å². The molecule has 0 fully saturated rings. The lowest BCUT2D eigenvalue weighted by Gasteiger charge is -2.22. The third-order valence-corrected chi connectivity index (χ3v) is 10.6. The molecule has 6 rings (SSSR count). The number of para-hydroxylation sites is 2. The van der Waals surface area contributed by atoms with Gasteiger partial charge in [-0.2, -0.15) is 0 Å². The summed E-state index contributed by atoms with van der Waals surface area (Å²) in [5, 5.41) is 16.0. The van der Waals surface area contributed by atoms with Crippen molar-refractivity contribution >= 4 is 53.7 Å². The van der Waals surface area contributed by atoms with E-state index < -0.39 is 15.9 Å². The van der Waals surface area contributed by atoms with Gasteiger partial charge in [0.05, 0.1) is 27.9 Å². The Morgan fingerprint density at radius 2 is 1.83 bits per heavy atom. The minimum Gasteiger partial charge on any atom is -0.507 e. The second kappa shape index (κ2) is 13.3. The first-order valence-electron chi connectivity index (χ1n) is 15.4. The summed E-state index contributed by atoms with van der Waals surface area (Å²) >= 11 is 3.59. The summed E-state index contributed by atoms with van der Waals surface area (Å²) in [6.45, 7) is 1.61. The van der Waals surface area contributed by atoms with E-state index in [-0.39, 0.29) is 40.3 Å². The maximum Gasteiger partial charge on any atom is 0.258 e. The van der Waals surface area contributed by atoms with Gasteiger partial charge in [0.2, 0.25) is 15.9 Å². The Morgan fingerprint density at radius 1 is 1.09 bits per heavy atom. The van der Waals surface area contributed by atoms with E-state index in [9.17, 15) is 23.1 Å². The smallest absolute Gasteiger partial charge is 0.258 e. The van der Waals surface area contributed by atoms with Gasteiger partial charge < -0.3 is 20.0 Å². The molecule has 2 atom stereocenters. The monoisotopic (exact) mass is 714 g/mol. The molecule has 0 radical (unpaired) electrons. The van der Waals surface area contributed by atoms with E-state index in [1.807, 2.05) is 66.7 Å². The van der Waals surface area contributed by atoms with E-state index in [1.165, 1.54) is 13.0 Å². The molecule has 2 unspecified atom stereocenters. The number of carbonyl (C=O) groups is 1. The van der Waals surface area contributed by atoms with Gasteiger partial charge in [-0.3, -0.25) is 9.59 Å². The molecule has 242 valence electrons. The number of benzene rings is 3. The highest BCUT2D eigenvalue weighted by molar-refractivity contribution is 9.10. The molecule has 5 aromatic rings. The third-order valence-electron chi connectivity index (χ3n) is 8.58. The Hall–Kier alpha value is -4.45. The number of hydrogen-bond acceptors (Lipinski definition) is 5. The molecule has 9 nitrogen and oxygen atoms in total. The summed E-state index contributed by atoms with van der Waals surface area (Å²) < 4.78 is 31.3. The fraction of sp³-hybridized carbons (Fsp3) is 0.222. The third kappa shape index (κ3) is 6.56. The van der Waals surface area contributed by atoms with Crippen molar-refractivity contribution in [2.45, 2.75) is 38.1 Å². The van der Waals surface area contributed by atoms with E-state index in [1.54, 1.807) is 29.8 Å². The van der Waals surface area contributed by atoms with Gasteiger partial charge in [-0.15, -0.1) is 0 Å². The summed E-state index contributed by atoms with van der Waals surface area (Å²) in [5.74, 6) is -0.892. The van der Waals surface area contributed by atoms with Gasteiger partial charge in [0.25, 0.3) is 5.56 Å². The van der Waals surface area contributed by atoms with Crippen LogP contribution in [0.5, 0.6) is 5.75 Å². The van der Waals surface area contributed by atoms with E-state index in [4.69, 9.17) is 0 Å². The molecule has 0 spiro atoms. The predicted octanol–water partition coefficient (Wildman–Crippen LogP) is 5.87. The molecule has 0 aliphatic heterocycles. The summed E-state index contributed by atoms with van der Waals surface area (Å²) in [5.41, 5.74) is 3.96. The summed E-state index contributed by atoms with van der Waals surface area (Å²) in [6, 6.07) is 22.6. The molecular weight excluding hydrogens is 680 g/mol. The van der Waals surface area contributed by atoms with Crippen molar-refractivity contribution in [1.29, 1.82) is 0 Å². The molecule has 0 saturated heterocycles. The van der Waals surface area contributed by atoms with Gasteiger partial charge >= 0.3 is 0 Å². The zero-order valence-corrected chi connectivity index (χ0v) is 28.4. The van der Waals surface area contributed by atoms with E-state index in [0.717, 1.165) is 32.2 Å². The second-order valence-corrected chi connectivity index (χ2v) is 14.4. The number of rotatable bonds is 10. The van der Waals surface area contributed by atoms with Gasteiger partial charge in [0.1, 0.15) is 5.75 Å². The van der Waals surface area contributed by atoms with Crippen molar-refractivity contribution in [2.75, 3.05) is 6.54 Å². The number of nitrogens with zero attached hydrogens (tertiary/aromatic N) is 1. The number of H-pyrrole nitrogens is 1. The molecule has 2 heterocycles. The molecule has 3 aromatic carbocycles. The highest BCUT2D eigenvalue weighted by Crippen LogP contribution is 2.41. The molecule has 4 N–H and O–H groups in total. The van der Waals surface area contributed by atoms with Crippen LogP contribution in [0.25, 0.3) is 21.8 Å². The van der Waals surface area contributed by atoms with Crippen LogP contribution in [0.4, 0.5) is 0 Å². The Labute approximate surface area is 281 Å². The normalized spacial score (nSPS) is 15.6. The van der Waals surface area contributed by atoms with Gasteiger partial charge in [-0.1, -0.05) is 70.5 Å². The number of aromatic hydroxyl groups is 1. The molecule has 2 aromatic heterocycles. The van der Waals surface area contributed by atoms with Crippen LogP contribution in [0.3, 0.4) is 0 Å². The summed E-state index contributed by atoms with van der Waals surface area (Å²) in [7, 11) is -2.04. The van der Waals surface area contributed by atoms with Crippen LogP contribution in [0.15, 0.2) is 105 Å². The Bertz CT molecular complexity index is 2240. The first-order valence-corrected chi connectivity index (χ1v) is 17.6. The van der Waals surface area contributed by atoms with Gasteiger partial charge in [0.15, 0.2) is 0 Å². The van der Waals surface area contributed by atoms with Crippen LogP contribution < -0.4 is 15.6 Å². The number of allylic oxidation sites excluding steroid dienone is 1. The molecule has 11 heteroatoms. The lowest BCUT2D eigenvalue weighted by molar-refractivity contribution is -0.119. The number of halogens is 1. The topological polar surface area (TPSA) is 133 Å². The summed E-state index contributed by atoms with van der Waals surface area (Å²) in [6.07, 6.45) is 6.18. The molecule has 1 aliphatic rings. The van der Waals surface area contributed by atoms with Crippen molar-refractivity contribution in [1.82, 2.24) is 19.6 Å². The quantitative estimate of drug-likeness (QED) is 0.134. The van der Waals surface area contributed by atoms with Crippen LogP contribution in [0.1, 0.15) is 48.1 Å². The summed E-state index contributed by atoms with van der Waals surface area (Å²) in [4.78, 5) is 29.2. The Morgan fingerprint density at radius 3 is 2.55 bits per heavy atom. The van der Waals surface area contributed by atoms with Crippen molar-refractivity contribution < 1.29 is 18.3 Å². The number of sulfonamides is 1. The van der Waals surface area contributed by atoms with Crippen molar-refractivity contribution in [3.63, 3.8) is 0 Å². The molecule has 0 saturated carbocycles. The number of aromatic nitrogens is 2. The average Bonchev–Trinajstić information content (AvgIpc) is 3.41. The molecule has 47 heavy (non-hydrogen) atoms. The number of pyridine rings is 1. The lowest BCUT2D eigenvalue weighted by Crippen LogP contribution is -2.33. The first-order chi connectivity index (χ1) is 22.5. The number of amides is 1. The maximum atomic E-state index is 14.1. The fourth-order valence-corrected chi connectivity index (χ4v) is 7.96. The van der Waals surface area contributed by atoms with Gasteiger partial charge in [-0.25, -0.2) is 13.1 Å². The van der Waals surface area contributed by atoms with Crippen molar-refractivity contribution in [3.05, 3.63) is 133 Å². The van der Waals surface area contributed by atoms with Gasteiger partial charge in [-0.05, 0) is 66.8 Å². The Kier molecular flexibility index (Phi) is 9.23. The zero-order valence-electron chi connectivity index (χ0n) is 26.0. The van der Waals surface area contributed by atoms with Crippen LogP contribution in [0.2, 0.25) is 0 Å². The van der Waals surface area contributed by atoms with Crippen LogP contribution in [-0.4, -0.2) is 41.6 Å². The highest BCUT2D eigenvalue weighted by atomic mass is 79.9. The van der Waals surface area contributed by atoms with Crippen LogP contribution >= 0.6 is 15.9 Å². The molecule has 1 amide bonds. The number of hydrogen-bond donors (Lipinski definition) is 4. The largest absolute Gasteiger partial charge is 0.507 e. The minimum absolute atomic E-state index is 0.0689. The second-order valence-electron chi connectivity index (χ2n) is 11.7. The molecule has 0 bridgehead atoms. The molecule has 1 aliphatic carbocycles. The number of carbonyl (C=O) groups excluding carboxylic acids is 1. The highest BCUT2D eigenvalue weighted by Gasteiger charge is 2.30. The number of aromatic amines is 1. The van der Waals surface area contributed by atoms with Crippen LogP contribution in [0, 0.1) is 0 Å². The zero-order chi connectivity index (χ0) is 33.3. The minimum atomic E-state index is -3.75.